The SMILES string of the molecule is CC(=O)N1CC[C@H]2[C@H]1CCCCCN2C(=O)c1ccc(N(C)C)cc1. The van der Waals surface area contributed by atoms with E-state index >= 15 is 0 Å². The fraction of sp³-hybridized carbons (Fsp3) is 0.600. The molecule has 136 valence electrons. The first kappa shape index (κ1) is 17.8. The third-order valence-corrected chi connectivity index (χ3v) is 5.61. The van der Waals surface area contributed by atoms with Crippen molar-refractivity contribution < 1.29 is 9.59 Å². The van der Waals surface area contributed by atoms with Crippen LogP contribution in [-0.2, 0) is 4.79 Å². The summed E-state index contributed by atoms with van der Waals surface area (Å²) in [7, 11) is 3.99. The van der Waals surface area contributed by atoms with Gasteiger partial charge < -0.3 is 14.7 Å². The number of benzene rings is 1. The third kappa shape index (κ3) is 3.65. The normalized spacial score (nSPS) is 23.6. The molecule has 2 fully saturated rings. The molecular weight excluding hydrogens is 314 g/mol. The standard InChI is InChI=1S/C20H29N3O2/c1-15(24)22-14-12-19-18(22)7-5-4-6-13-23(19)20(25)16-8-10-17(11-9-16)21(2)3/h8-11,18-19H,4-7,12-14H2,1-3H3/t18-,19+/m1/s1. The highest BCUT2D eigenvalue weighted by molar-refractivity contribution is 5.95. The lowest BCUT2D eigenvalue weighted by Gasteiger charge is -2.37. The molecule has 2 aliphatic heterocycles. The maximum Gasteiger partial charge on any atom is 0.254 e. The third-order valence-electron chi connectivity index (χ3n) is 5.61. The van der Waals surface area contributed by atoms with Gasteiger partial charge in [-0.2, -0.15) is 0 Å². The molecule has 2 heterocycles. The Morgan fingerprint density at radius 3 is 2.24 bits per heavy atom. The van der Waals surface area contributed by atoms with E-state index in [2.05, 4.69) is 0 Å². The second kappa shape index (κ2) is 7.46. The average molecular weight is 343 g/mol. The molecule has 2 aliphatic rings. The molecule has 0 saturated carbocycles. The minimum Gasteiger partial charge on any atom is -0.378 e. The molecule has 0 bridgehead atoms. The summed E-state index contributed by atoms with van der Waals surface area (Å²) in [6.07, 6.45) is 5.22. The predicted molar refractivity (Wildman–Crippen MR) is 99.9 cm³/mol. The number of amides is 2. The summed E-state index contributed by atoms with van der Waals surface area (Å²) in [6.45, 7) is 3.21. The Labute approximate surface area is 150 Å². The minimum absolute atomic E-state index is 0.104. The van der Waals surface area contributed by atoms with E-state index in [9.17, 15) is 9.59 Å². The quantitative estimate of drug-likeness (QED) is 0.829. The summed E-state index contributed by atoms with van der Waals surface area (Å²) >= 11 is 0. The van der Waals surface area contributed by atoms with E-state index in [0.29, 0.717) is 0 Å². The minimum atomic E-state index is 0.104. The average Bonchev–Trinajstić information content (AvgIpc) is 2.98. The summed E-state index contributed by atoms with van der Waals surface area (Å²) in [5.74, 6) is 0.239. The molecule has 5 heteroatoms. The van der Waals surface area contributed by atoms with Gasteiger partial charge in [-0.15, -0.1) is 0 Å². The molecule has 25 heavy (non-hydrogen) atoms. The van der Waals surface area contributed by atoms with Crippen molar-refractivity contribution in [2.75, 3.05) is 32.1 Å². The molecule has 2 atom stereocenters. The van der Waals surface area contributed by atoms with Gasteiger partial charge in [0.15, 0.2) is 0 Å². The largest absolute Gasteiger partial charge is 0.378 e. The smallest absolute Gasteiger partial charge is 0.254 e. The van der Waals surface area contributed by atoms with Crippen molar-refractivity contribution in [2.24, 2.45) is 0 Å². The lowest BCUT2D eigenvalue weighted by atomic mass is 9.96. The number of anilines is 1. The van der Waals surface area contributed by atoms with Gasteiger partial charge in [-0.25, -0.2) is 0 Å². The van der Waals surface area contributed by atoms with Crippen molar-refractivity contribution in [2.45, 2.75) is 51.1 Å². The highest BCUT2D eigenvalue weighted by atomic mass is 16.2. The first-order valence-corrected chi connectivity index (χ1v) is 9.34. The topological polar surface area (TPSA) is 43.9 Å². The van der Waals surface area contributed by atoms with Crippen molar-refractivity contribution in [1.82, 2.24) is 9.80 Å². The fourth-order valence-electron chi connectivity index (χ4n) is 4.24. The van der Waals surface area contributed by atoms with Crippen molar-refractivity contribution in [3.8, 4) is 0 Å². The first-order valence-electron chi connectivity index (χ1n) is 9.34. The number of carbonyl (C=O) groups excluding carboxylic acids is 2. The maximum absolute atomic E-state index is 13.2. The van der Waals surface area contributed by atoms with Crippen molar-refractivity contribution in [3.63, 3.8) is 0 Å². The van der Waals surface area contributed by atoms with Gasteiger partial charge in [0.25, 0.3) is 5.91 Å². The summed E-state index contributed by atoms with van der Waals surface area (Å²) < 4.78 is 0. The van der Waals surface area contributed by atoms with Gasteiger partial charge in [-0.05, 0) is 43.5 Å². The van der Waals surface area contributed by atoms with E-state index < -0.39 is 0 Å². The first-order chi connectivity index (χ1) is 12.0. The number of likely N-dealkylation sites (tertiary alicyclic amines) is 2. The Balaban J connectivity index is 1.83. The van der Waals surface area contributed by atoms with E-state index in [1.807, 2.05) is 53.1 Å². The molecule has 0 unspecified atom stereocenters. The van der Waals surface area contributed by atoms with E-state index in [0.717, 1.165) is 56.4 Å². The Bertz CT molecular complexity index is 626. The molecule has 0 aliphatic carbocycles. The highest BCUT2D eigenvalue weighted by Gasteiger charge is 2.41. The zero-order chi connectivity index (χ0) is 18.0. The number of carbonyl (C=O) groups is 2. The van der Waals surface area contributed by atoms with Crippen LogP contribution in [0.3, 0.4) is 0 Å². The van der Waals surface area contributed by atoms with Crippen LogP contribution in [0.4, 0.5) is 5.69 Å². The van der Waals surface area contributed by atoms with Gasteiger partial charge in [0, 0.05) is 45.4 Å². The number of hydrogen-bond acceptors (Lipinski definition) is 3. The second-order valence-electron chi connectivity index (χ2n) is 7.42. The molecule has 3 rings (SSSR count). The van der Waals surface area contributed by atoms with Gasteiger partial charge in [0.2, 0.25) is 5.91 Å². The van der Waals surface area contributed by atoms with Gasteiger partial charge in [-0.3, -0.25) is 9.59 Å². The Hall–Kier alpha value is -2.04. The van der Waals surface area contributed by atoms with Crippen LogP contribution < -0.4 is 4.90 Å². The predicted octanol–water partition coefficient (Wildman–Crippen LogP) is 2.76. The molecule has 5 nitrogen and oxygen atoms in total. The lowest BCUT2D eigenvalue weighted by Crippen LogP contribution is -2.50. The molecule has 0 spiro atoms. The van der Waals surface area contributed by atoms with Crippen LogP contribution in [0.15, 0.2) is 24.3 Å². The van der Waals surface area contributed by atoms with E-state index in [1.54, 1.807) is 6.92 Å². The molecular formula is C20H29N3O2. The summed E-state index contributed by atoms with van der Waals surface area (Å²) in [5.41, 5.74) is 1.83. The molecule has 0 radical (unpaired) electrons. The molecule has 1 aromatic carbocycles. The van der Waals surface area contributed by atoms with Crippen LogP contribution in [0, 0.1) is 0 Å². The Morgan fingerprint density at radius 1 is 0.920 bits per heavy atom. The summed E-state index contributed by atoms with van der Waals surface area (Å²) in [4.78, 5) is 31.2. The van der Waals surface area contributed by atoms with Gasteiger partial charge >= 0.3 is 0 Å². The molecule has 0 N–H and O–H groups in total. The van der Waals surface area contributed by atoms with Crippen LogP contribution in [0.25, 0.3) is 0 Å². The molecule has 2 amide bonds. The van der Waals surface area contributed by atoms with Crippen LogP contribution in [0.1, 0.15) is 49.4 Å². The molecule has 0 aromatic heterocycles. The number of hydrogen-bond donors (Lipinski definition) is 0. The van der Waals surface area contributed by atoms with Gasteiger partial charge in [0.1, 0.15) is 0 Å². The van der Waals surface area contributed by atoms with Gasteiger partial charge in [0.05, 0.1) is 12.1 Å². The number of fused-ring (bicyclic) bond motifs is 1. The highest BCUT2D eigenvalue weighted by Crippen LogP contribution is 2.30. The van der Waals surface area contributed by atoms with Crippen molar-refractivity contribution in [3.05, 3.63) is 29.8 Å². The summed E-state index contributed by atoms with van der Waals surface area (Å²) in [6, 6.07) is 8.16. The zero-order valence-corrected chi connectivity index (χ0v) is 15.6. The van der Waals surface area contributed by atoms with Crippen LogP contribution >= 0.6 is 0 Å². The van der Waals surface area contributed by atoms with E-state index in [4.69, 9.17) is 0 Å². The van der Waals surface area contributed by atoms with Crippen molar-refractivity contribution >= 4 is 17.5 Å². The number of nitrogens with zero attached hydrogens (tertiary/aromatic N) is 3. The second-order valence-corrected chi connectivity index (χ2v) is 7.42. The summed E-state index contributed by atoms with van der Waals surface area (Å²) in [5, 5.41) is 0. The monoisotopic (exact) mass is 343 g/mol. The Morgan fingerprint density at radius 2 is 1.60 bits per heavy atom. The van der Waals surface area contributed by atoms with E-state index in [-0.39, 0.29) is 23.9 Å². The van der Waals surface area contributed by atoms with E-state index in [1.165, 1.54) is 0 Å². The molecule has 2 saturated heterocycles. The maximum atomic E-state index is 13.2. The number of rotatable bonds is 2. The van der Waals surface area contributed by atoms with Crippen LogP contribution in [0.2, 0.25) is 0 Å². The molecule has 1 aromatic rings. The Kier molecular flexibility index (Phi) is 5.30. The fourth-order valence-corrected chi connectivity index (χ4v) is 4.24. The van der Waals surface area contributed by atoms with Crippen molar-refractivity contribution in [1.29, 1.82) is 0 Å². The van der Waals surface area contributed by atoms with Crippen LogP contribution in [-0.4, -0.2) is 60.9 Å². The lowest BCUT2D eigenvalue weighted by molar-refractivity contribution is -0.130. The van der Waals surface area contributed by atoms with Crippen LogP contribution in [0.5, 0.6) is 0 Å². The van der Waals surface area contributed by atoms with Gasteiger partial charge in [-0.1, -0.05) is 12.8 Å². The zero-order valence-electron chi connectivity index (χ0n) is 15.6.